The third kappa shape index (κ3) is 9.69. The minimum absolute atomic E-state index is 0.107. The first kappa shape index (κ1) is 30.6. The van der Waals surface area contributed by atoms with Gasteiger partial charge in [0.1, 0.15) is 17.7 Å². The number of nitrogens with one attached hydrogen (secondary N) is 2. The molecule has 0 bridgehead atoms. The number of hydrogen-bond acceptors (Lipinski definition) is 4. The summed E-state index contributed by atoms with van der Waals surface area (Å²) in [7, 11) is 0. The standard InChI is InChI=1S/C31H43N3O4/c1-9-15-34(29(36)26(16-21(2)3)33-30(37)38-31(6,7)8)27(25-18-22(4)17-23(5)19-25)28(35)32-20-24-13-11-10-12-14-24/h9-14,17-19,21,26-27H,1,15-16,20H2,2-8H3,(H,32,35)(H,33,37). The molecule has 0 heterocycles. The van der Waals surface area contributed by atoms with E-state index in [-0.39, 0.29) is 24.3 Å². The highest BCUT2D eigenvalue weighted by atomic mass is 16.6. The van der Waals surface area contributed by atoms with Crippen molar-refractivity contribution in [2.75, 3.05) is 6.54 Å². The Hall–Kier alpha value is -3.61. The van der Waals surface area contributed by atoms with Gasteiger partial charge in [0.15, 0.2) is 0 Å². The van der Waals surface area contributed by atoms with Gasteiger partial charge in [-0.1, -0.05) is 79.6 Å². The van der Waals surface area contributed by atoms with E-state index >= 15 is 0 Å². The van der Waals surface area contributed by atoms with Crippen molar-refractivity contribution < 1.29 is 19.1 Å². The van der Waals surface area contributed by atoms with Gasteiger partial charge in [-0.25, -0.2) is 4.79 Å². The molecule has 7 nitrogen and oxygen atoms in total. The summed E-state index contributed by atoms with van der Waals surface area (Å²) in [6.45, 7) is 17.5. The molecule has 0 saturated carbocycles. The van der Waals surface area contributed by atoms with Crippen molar-refractivity contribution in [2.24, 2.45) is 5.92 Å². The van der Waals surface area contributed by atoms with Gasteiger partial charge in [-0.2, -0.15) is 0 Å². The van der Waals surface area contributed by atoms with Crippen molar-refractivity contribution in [1.29, 1.82) is 0 Å². The molecular formula is C31H43N3O4. The number of alkyl carbamates (subject to hydrolysis) is 1. The van der Waals surface area contributed by atoms with Gasteiger partial charge in [0.25, 0.3) is 0 Å². The van der Waals surface area contributed by atoms with Crippen LogP contribution in [0.2, 0.25) is 0 Å². The van der Waals surface area contributed by atoms with Crippen molar-refractivity contribution in [3.05, 3.63) is 83.4 Å². The molecule has 0 radical (unpaired) electrons. The molecule has 38 heavy (non-hydrogen) atoms. The number of carbonyl (C=O) groups is 3. The number of rotatable bonds is 11. The van der Waals surface area contributed by atoms with Gasteiger partial charge < -0.3 is 20.3 Å². The molecule has 206 valence electrons. The maximum atomic E-state index is 14.1. The Bertz CT molecular complexity index is 1090. The Morgan fingerprint density at radius 1 is 1.03 bits per heavy atom. The van der Waals surface area contributed by atoms with Crippen LogP contribution in [0, 0.1) is 19.8 Å². The second kappa shape index (κ2) is 13.8. The van der Waals surface area contributed by atoms with E-state index in [0.717, 1.165) is 16.7 Å². The minimum Gasteiger partial charge on any atom is -0.444 e. The van der Waals surface area contributed by atoms with Gasteiger partial charge in [-0.3, -0.25) is 9.59 Å². The van der Waals surface area contributed by atoms with E-state index in [1.54, 1.807) is 26.8 Å². The summed E-state index contributed by atoms with van der Waals surface area (Å²) in [6, 6.07) is 13.7. The van der Waals surface area contributed by atoms with Crippen LogP contribution in [0.4, 0.5) is 4.79 Å². The molecule has 0 spiro atoms. The Kier molecular flexibility index (Phi) is 11.1. The fourth-order valence-electron chi connectivity index (χ4n) is 4.33. The van der Waals surface area contributed by atoms with E-state index in [1.807, 2.05) is 76.2 Å². The minimum atomic E-state index is -0.919. The number of ether oxygens (including phenoxy) is 1. The van der Waals surface area contributed by atoms with Gasteiger partial charge in [-0.05, 0) is 58.1 Å². The monoisotopic (exact) mass is 521 g/mol. The van der Waals surface area contributed by atoms with Gasteiger partial charge in [-0.15, -0.1) is 6.58 Å². The van der Waals surface area contributed by atoms with Crippen LogP contribution in [0.25, 0.3) is 0 Å². The lowest BCUT2D eigenvalue weighted by atomic mass is 9.97. The van der Waals surface area contributed by atoms with Crippen molar-refractivity contribution in [3.8, 4) is 0 Å². The molecular weight excluding hydrogens is 478 g/mol. The summed E-state index contributed by atoms with van der Waals surface area (Å²) in [6.07, 6.45) is 1.31. The third-order valence-electron chi connectivity index (χ3n) is 5.73. The first-order valence-corrected chi connectivity index (χ1v) is 13.1. The van der Waals surface area contributed by atoms with E-state index in [0.29, 0.717) is 18.5 Å². The zero-order valence-corrected chi connectivity index (χ0v) is 23.8. The second-order valence-corrected chi connectivity index (χ2v) is 11.1. The number of amides is 3. The molecule has 0 saturated heterocycles. The third-order valence-corrected chi connectivity index (χ3v) is 5.73. The lowest BCUT2D eigenvalue weighted by molar-refractivity contribution is -0.142. The Morgan fingerprint density at radius 2 is 1.63 bits per heavy atom. The Balaban J connectivity index is 2.48. The van der Waals surface area contributed by atoms with Crippen LogP contribution < -0.4 is 10.6 Å². The van der Waals surface area contributed by atoms with E-state index in [1.165, 1.54) is 4.90 Å². The second-order valence-electron chi connectivity index (χ2n) is 11.1. The van der Waals surface area contributed by atoms with E-state index in [9.17, 15) is 14.4 Å². The highest BCUT2D eigenvalue weighted by molar-refractivity contribution is 5.92. The molecule has 0 aliphatic heterocycles. The lowest BCUT2D eigenvalue weighted by Crippen LogP contribution is -2.53. The highest BCUT2D eigenvalue weighted by Crippen LogP contribution is 2.26. The molecule has 0 aliphatic carbocycles. The summed E-state index contributed by atoms with van der Waals surface area (Å²) in [4.78, 5) is 42.0. The first-order valence-electron chi connectivity index (χ1n) is 13.1. The summed E-state index contributed by atoms with van der Waals surface area (Å²) in [5, 5.41) is 5.75. The summed E-state index contributed by atoms with van der Waals surface area (Å²) < 4.78 is 5.43. The zero-order valence-electron chi connectivity index (χ0n) is 23.8. The molecule has 2 aromatic rings. The van der Waals surface area contributed by atoms with Gasteiger partial charge in [0.2, 0.25) is 11.8 Å². The number of carbonyl (C=O) groups excluding carboxylic acids is 3. The van der Waals surface area contributed by atoms with Crippen molar-refractivity contribution in [3.63, 3.8) is 0 Å². The predicted molar refractivity (Wildman–Crippen MR) is 151 cm³/mol. The number of benzene rings is 2. The van der Waals surface area contributed by atoms with Crippen LogP contribution in [0.15, 0.2) is 61.2 Å². The van der Waals surface area contributed by atoms with Crippen LogP contribution in [-0.4, -0.2) is 41.0 Å². The molecule has 2 aromatic carbocycles. The molecule has 0 fully saturated rings. The van der Waals surface area contributed by atoms with Gasteiger partial charge in [0, 0.05) is 13.1 Å². The topological polar surface area (TPSA) is 87.7 Å². The molecule has 0 aliphatic rings. The number of aryl methyl sites for hydroxylation is 2. The largest absolute Gasteiger partial charge is 0.444 e. The van der Waals surface area contributed by atoms with E-state index < -0.39 is 23.8 Å². The SMILES string of the molecule is C=CCN(C(=O)C(CC(C)C)NC(=O)OC(C)(C)C)C(C(=O)NCc1ccccc1)c1cc(C)cc(C)c1. The average molecular weight is 522 g/mol. The normalized spacial score (nSPS) is 12.8. The quantitative estimate of drug-likeness (QED) is 0.376. The Labute approximate surface area is 227 Å². The van der Waals surface area contributed by atoms with Crippen molar-refractivity contribution >= 4 is 17.9 Å². The van der Waals surface area contributed by atoms with E-state index in [4.69, 9.17) is 4.74 Å². The van der Waals surface area contributed by atoms with Crippen LogP contribution in [0.3, 0.4) is 0 Å². The molecule has 2 N–H and O–H groups in total. The van der Waals surface area contributed by atoms with Crippen LogP contribution in [-0.2, 0) is 20.9 Å². The molecule has 3 amide bonds. The highest BCUT2D eigenvalue weighted by Gasteiger charge is 2.36. The number of nitrogens with zero attached hydrogens (tertiary/aromatic N) is 1. The molecule has 2 unspecified atom stereocenters. The maximum Gasteiger partial charge on any atom is 0.408 e. The van der Waals surface area contributed by atoms with Crippen LogP contribution in [0.1, 0.15) is 69.3 Å². The summed E-state index contributed by atoms with van der Waals surface area (Å²) in [5.74, 6) is -0.575. The molecule has 0 aromatic heterocycles. The maximum absolute atomic E-state index is 14.1. The van der Waals surface area contributed by atoms with E-state index in [2.05, 4.69) is 17.2 Å². The van der Waals surface area contributed by atoms with Crippen LogP contribution in [0.5, 0.6) is 0 Å². The van der Waals surface area contributed by atoms with Gasteiger partial charge >= 0.3 is 6.09 Å². The van der Waals surface area contributed by atoms with Crippen molar-refractivity contribution in [2.45, 2.75) is 79.1 Å². The van der Waals surface area contributed by atoms with Crippen molar-refractivity contribution in [1.82, 2.24) is 15.5 Å². The average Bonchev–Trinajstić information content (AvgIpc) is 2.80. The van der Waals surface area contributed by atoms with Crippen LogP contribution >= 0.6 is 0 Å². The lowest BCUT2D eigenvalue weighted by Gasteiger charge is -2.34. The smallest absolute Gasteiger partial charge is 0.408 e. The Morgan fingerprint density at radius 3 is 2.16 bits per heavy atom. The molecule has 2 rings (SSSR count). The number of hydrogen-bond donors (Lipinski definition) is 2. The fourth-order valence-corrected chi connectivity index (χ4v) is 4.33. The zero-order chi connectivity index (χ0) is 28.5. The first-order chi connectivity index (χ1) is 17.8. The summed E-state index contributed by atoms with van der Waals surface area (Å²) in [5.41, 5.74) is 2.90. The summed E-state index contributed by atoms with van der Waals surface area (Å²) >= 11 is 0. The van der Waals surface area contributed by atoms with Gasteiger partial charge in [0.05, 0.1) is 0 Å². The molecule has 2 atom stereocenters. The fraction of sp³-hybridized carbons (Fsp3) is 0.452. The molecule has 7 heteroatoms. The predicted octanol–water partition coefficient (Wildman–Crippen LogP) is 5.61.